The fraction of sp³-hybridized carbons (Fsp3) is 0.700. The van der Waals surface area contributed by atoms with E-state index >= 15 is 0 Å². The molecule has 0 amide bonds. The number of aliphatic hydroxyl groups is 1. The van der Waals surface area contributed by atoms with Crippen LogP contribution in [-0.2, 0) is 4.79 Å². The van der Waals surface area contributed by atoms with E-state index in [9.17, 15) is 9.90 Å². The van der Waals surface area contributed by atoms with E-state index in [-0.39, 0.29) is 17.0 Å². The number of allylic oxidation sites excluding steroid dienone is 2. The van der Waals surface area contributed by atoms with Crippen molar-refractivity contribution in [3.63, 3.8) is 0 Å². The number of hydrogen-bond acceptors (Lipinski definition) is 2. The van der Waals surface area contributed by atoms with Gasteiger partial charge in [-0.1, -0.05) is 13.8 Å². The van der Waals surface area contributed by atoms with Gasteiger partial charge in [0.15, 0.2) is 0 Å². The van der Waals surface area contributed by atoms with Gasteiger partial charge in [0.1, 0.15) is 11.5 Å². The van der Waals surface area contributed by atoms with Crippen molar-refractivity contribution in [2.24, 2.45) is 10.8 Å². The highest BCUT2D eigenvalue weighted by Crippen LogP contribution is 2.39. The molecule has 2 nitrogen and oxygen atoms in total. The van der Waals surface area contributed by atoms with Crippen LogP contribution in [0.2, 0.25) is 0 Å². The minimum absolute atomic E-state index is 0.118. The van der Waals surface area contributed by atoms with Gasteiger partial charge in [-0.15, -0.1) is 0 Å². The summed E-state index contributed by atoms with van der Waals surface area (Å²) in [5.74, 6) is 0.330. The van der Waals surface area contributed by atoms with Crippen LogP contribution in [-0.4, -0.2) is 10.9 Å². The van der Waals surface area contributed by atoms with Crippen LogP contribution in [0.1, 0.15) is 34.1 Å². The molecule has 0 saturated heterocycles. The minimum Gasteiger partial charge on any atom is -0.512 e. The fourth-order valence-corrected chi connectivity index (χ4v) is 1.38. The first-order valence-electron chi connectivity index (χ1n) is 4.21. The first-order valence-corrected chi connectivity index (χ1v) is 4.21. The van der Waals surface area contributed by atoms with Crippen LogP contribution in [0.15, 0.2) is 11.8 Å². The maximum Gasteiger partial charge on any atom is 0.146 e. The van der Waals surface area contributed by atoms with Crippen molar-refractivity contribution in [3.8, 4) is 0 Å². The third-order valence-electron chi connectivity index (χ3n) is 2.48. The normalized spacial score (nSPS) is 26.7. The van der Waals surface area contributed by atoms with Crippen molar-refractivity contribution >= 4 is 5.78 Å². The van der Waals surface area contributed by atoms with E-state index in [4.69, 9.17) is 0 Å². The zero-order chi connectivity index (χ0) is 9.57. The number of ketones is 1. The van der Waals surface area contributed by atoms with Crippen LogP contribution in [0.4, 0.5) is 0 Å². The Morgan fingerprint density at radius 3 is 2.25 bits per heavy atom. The van der Waals surface area contributed by atoms with Crippen LogP contribution < -0.4 is 0 Å². The molecule has 0 aliphatic heterocycles. The van der Waals surface area contributed by atoms with Gasteiger partial charge >= 0.3 is 0 Å². The average molecular weight is 168 g/mol. The molecule has 1 aliphatic carbocycles. The van der Waals surface area contributed by atoms with Gasteiger partial charge in [0.2, 0.25) is 0 Å². The fourth-order valence-electron chi connectivity index (χ4n) is 1.38. The molecule has 68 valence electrons. The van der Waals surface area contributed by atoms with Crippen molar-refractivity contribution in [1.82, 2.24) is 0 Å². The first kappa shape index (κ1) is 9.30. The molecule has 0 radical (unpaired) electrons. The van der Waals surface area contributed by atoms with Gasteiger partial charge in [0, 0.05) is 6.42 Å². The summed E-state index contributed by atoms with van der Waals surface area (Å²) in [6.45, 7) is 7.43. The van der Waals surface area contributed by atoms with Gasteiger partial charge in [0.25, 0.3) is 0 Å². The topological polar surface area (TPSA) is 37.3 Å². The summed E-state index contributed by atoms with van der Waals surface area (Å²) in [6.07, 6.45) is 2.30. The molecule has 12 heavy (non-hydrogen) atoms. The quantitative estimate of drug-likeness (QED) is 0.603. The third-order valence-corrected chi connectivity index (χ3v) is 2.48. The first-order chi connectivity index (χ1) is 5.26. The van der Waals surface area contributed by atoms with Gasteiger partial charge in [-0.3, -0.25) is 4.79 Å². The van der Waals surface area contributed by atoms with Gasteiger partial charge in [-0.05, 0) is 25.3 Å². The molecule has 0 aromatic carbocycles. The highest BCUT2D eigenvalue weighted by Gasteiger charge is 2.40. The van der Waals surface area contributed by atoms with Crippen LogP contribution in [0.5, 0.6) is 0 Å². The standard InChI is InChI=1S/C10H16O2/c1-9(2)5-7(11)10(3,4)8(12)6-9/h5,11H,6H2,1-4H3. The van der Waals surface area contributed by atoms with Crippen LogP contribution in [0, 0.1) is 10.8 Å². The maximum absolute atomic E-state index is 11.5. The SMILES string of the molecule is CC1(C)C=C(O)C(C)(C)C(=O)C1. The number of hydrogen-bond donors (Lipinski definition) is 1. The summed E-state index contributed by atoms with van der Waals surface area (Å²) in [5.41, 5.74) is -0.855. The van der Waals surface area contributed by atoms with E-state index in [1.807, 2.05) is 13.8 Å². The molecule has 0 fully saturated rings. The molecule has 0 aromatic heterocycles. The Morgan fingerprint density at radius 1 is 1.33 bits per heavy atom. The molecule has 0 spiro atoms. The molecule has 0 bridgehead atoms. The lowest BCUT2D eigenvalue weighted by Gasteiger charge is -2.34. The Balaban J connectivity index is 3.10. The average Bonchev–Trinajstić information content (AvgIpc) is 1.82. The Kier molecular flexibility index (Phi) is 1.82. The summed E-state index contributed by atoms with van der Waals surface area (Å²) < 4.78 is 0. The Bertz CT molecular complexity index is 247. The number of aliphatic hydroxyl groups excluding tert-OH is 1. The Morgan fingerprint density at radius 2 is 1.83 bits per heavy atom. The zero-order valence-corrected chi connectivity index (χ0v) is 8.14. The zero-order valence-electron chi connectivity index (χ0n) is 8.14. The van der Waals surface area contributed by atoms with Crippen molar-refractivity contribution in [1.29, 1.82) is 0 Å². The molecule has 2 heteroatoms. The molecule has 1 rings (SSSR count). The van der Waals surface area contributed by atoms with E-state index in [0.717, 1.165) is 0 Å². The van der Waals surface area contributed by atoms with E-state index in [1.54, 1.807) is 19.9 Å². The van der Waals surface area contributed by atoms with E-state index < -0.39 is 5.41 Å². The van der Waals surface area contributed by atoms with Crippen LogP contribution >= 0.6 is 0 Å². The second kappa shape index (κ2) is 2.35. The maximum atomic E-state index is 11.5. The monoisotopic (exact) mass is 168 g/mol. The van der Waals surface area contributed by atoms with E-state index in [0.29, 0.717) is 6.42 Å². The third kappa shape index (κ3) is 1.38. The molecule has 0 atom stereocenters. The van der Waals surface area contributed by atoms with Gasteiger partial charge in [0.05, 0.1) is 5.41 Å². The number of Topliss-reactive ketones (excluding diaryl/α,β-unsaturated/α-hetero) is 1. The van der Waals surface area contributed by atoms with Crippen molar-refractivity contribution in [2.45, 2.75) is 34.1 Å². The van der Waals surface area contributed by atoms with Crippen molar-refractivity contribution < 1.29 is 9.90 Å². The lowest BCUT2D eigenvalue weighted by atomic mass is 9.70. The number of rotatable bonds is 0. The second-order valence-electron chi connectivity index (χ2n) is 4.74. The second-order valence-corrected chi connectivity index (χ2v) is 4.74. The smallest absolute Gasteiger partial charge is 0.146 e. The number of carbonyl (C=O) groups is 1. The molecule has 1 aliphatic rings. The van der Waals surface area contributed by atoms with E-state index in [1.165, 1.54) is 0 Å². The summed E-state index contributed by atoms with van der Waals surface area (Å²) >= 11 is 0. The highest BCUT2D eigenvalue weighted by atomic mass is 16.3. The minimum atomic E-state index is -0.671. The molecule has 0 unspecified atom stereocenters. The lowest BCUT2D eigenvalue weighted by molar-refractivity contribution is -0.129. The summed E-state index contributed by atoms with van der Waals surface area (Å²) in [4.78, 5) is 11.5. The Labute approximate surface area is 73.3 Å². The molecule has 1 N–H and O–H groups in total. The molecular formula is C10H16O2. The summed E-state index contributed by atoms with van der Waals surface area (Å²) in [7, 11) is 0. The number of carbonyl (C=O) groups excluding carboxylic acids is 1. The van der Waals surface area contributed by atoms with Gasteiger partial charge in [-0.2, -0.15) is 0 Å². The van der Waals surface area contributed by atoms with Crippen molar-refractivity contribution in [3.05, 3.63) is 11.8 Å². The van der Waals surface area contributed by atoms with Crippen LogP contribution in [0.25, 0.3) is 0 Å². The predicted octanol–water partition coefficient (Wildman–Crippen LogP) is 2.45. The largest absolute Gasteiger partial charge is 0.512 e. The summed E-state index contributed by atoms with van der Waals surface area (Å²) in [6, 6.07) is 0. The molecule has 0 heterocycles. The predicted molar refractivity (Wildman–Crippen MR) is 47.9 cm³/mol. The molecule has 0 aromatic rings. The Hall–Kier alpha value is -0.790. The van der Waals surface area contributed by atoms with Crippen LogP contribution in [0.3, 0.4) is 0 Å². The lowest BCUT2D eigenvalue weighted by Crippen LogP contribution is -2.35. The molecular weight excluding hydrogens is 152 g/mol. The highest BCUT2D eigenvalue weighted by molar-refractivity contribution is 5.88. The van der Waals surface area contributed by atoms with Crippen molar-refractivity contribution in [2.75, 3.05) is 0 Å². The molecule has 0 saturated carbocycles. The van der Waals surface area contributed by atoms with E-state index in [2.05, 4.69) is 0 Å². The van der Waals surface area contributed by atoms with Gasteiger partial charge in [-0.25, -0.2) is 0 Å². The summed E-state index contributed by atoms with van der Waals surface area (Å²) in [5, 5.41) is 9.58. The van der Waals surface area contributed by atoms with Gasteiger partial charge < -0.3 is 5.11 Å².